The molecule has 0 spiro atoms. The lowest BCUT2D eigenvalue weighted by Crippen LogP contribution is -2.38. The summed E-state index contributed by atoms with van der Waals surface area (Å²) in [6.45, 7) is 6.81. The lowest BCUT2D eigenvalue weighted by Gasteiger charge is -2.22. The van der Waals surface area contributed by atoms with Crippen LogP contribution in [0.3, 0.4) is 0 Å². The number of amides is 1. The summed E-state index contributed by atoms with van der Waals surface area (Å²) in [6.07, 6.45) is 0.225. The van der Waals surface area contributed by atoms with Gasteiger partial charge in [0.05, 0.1) is 12.6 Å². The molecule has 0 aromatic carbocycles. The van der Waals surface area contributed by atoms with E-state index in [1.807, 2.05) is 0 Å². The SMILES string of the molecule is CNCC(=O)NCC(O)CC(C)(C)C.Cl. The van der Waals surface area contributed by atoms with Crippen LogP contribution in [-0.2, 0) is 4.79 Å². The van der Waals surface area contributed by atoms with Gasteiger partial charge >= 0.3 is 0 Å². The van der Waals surface area contributed by atoms with Gasteiger partial charge in [0.2, 0.25) is 5.91 Å². The minimum atomic E-state index is -0.462. The van der Waals surface area contributed by atoms with Gasteiger partial charge in [-0.2, -0.15) is 0 Å². The highest BCUT2D eigenvalue weighted by Gasteiger charge is 2.16. The number of halogens is 1. The van der Waals surface area contributed by atoms with Gasteiger partial charge in [0.15, 0.2) is 0 Å². The summed E-state index contributed by atoms with van der Waals surface area (Å²) in [4.78, 5) is 11.0. The Bertz CT molecular complexity index is 181. The minimum Gasteiger partial charge on any atom is -0.391 e. The highest BCUT2D eigenvalue weighted by molar-refractivity contribution is 5.85. The Morgan fingerprint density at radius 2 is 1.93 bits per heavy atom. The predicted molar refractivity (Wildman–Crippen MR) is 64.3 cm³/mol. The van der Waals surface area contributed by atoms with Crippen LogP contribution in [0, 0.1) is 5.41 Å². The second-order valence-corrected chi connectivity index (χ2v) is 4.75. The third-order valence-electron chi connectivity index (χ3n) is 1.72. The fourth-order valence-electron chi connectivity index (χ4n) is 1.23. The van der Waals surface area contributed by atoms with Crippen molar-refractivity contribution in [2.24, 2.45) is 5.41 Å². The maximum Gasteiger partial charge on any atom is 0.234 e. The molecule has 1 unspecified atom stereocenters. The Balaban J connectivity index is 0. The van der Waals surface area contributed by atoms with Crippen LogP contribution in [0.1, 0.15) is 27.2 Å². The van der Waals surface area contributed by atoms with Crippen molar-refractivity contribution in [3.05, 3.63) is 0 Å². The number of aliphatic hydroxyl groups is 1. The molecule has 5 heteroatoms. The molecule has 0 aliphatic rings. The molecular weight excluding hydrogens is 216 g/mol. The van der Waals surface area contributed by atoms with Crippen LogP contribution in [-0.4, -0.2) is 37.3 Å². The highest BCUT2D eigenvalue weighted by atomic mass is 35.5. The number of carbonyl (C=O) groups is 1. The van der Waals surface area contributed by atoms with Gasteiger partial charge in [-0.15, -0.1) is 12.4 Å². The third kappa shape index (κ3) is 11.6. The first-order valence-corrected chi connectivity index (χ1v) is 4.94. The van der Waals surface area contributed by atoms with E-state index in [1.54, 1.807) is 7.05 Å². The molecule has 0 saturated carbocycles. The molecule has 0 saturated heterocycles. The number of hydrogen-bond acceptors (Lipinski definition) is 3. The summed E-state index contributed by atoms with van der Waals surface area (Å²) in [5.41, 5.74) is 0.0904. The number of aliphatic hydroxyl groups excluding tert-OH is 1. The largest absolute Gasteiger partial charge is 0.391 e. The molecule has 0 aromatic heterocycles. The van der Waals surface area contributed by atoms with Crippen LogP contribution in [0.25, 0.3) is 0 Å². The molecule has 0 heterocycles. The van der Waals surface area contributed by atoms with Gasteiger partial charge in [0.25, 0.3) is 0 Å². The van der Waals surface area contributed by atoms with E-state index in [-0.39, 0.29) is 23.7 Å². The zero-order chi connectivity index (χ0) is 11.2. The standard InChI is InChI=1S/C10H22N2O2.ClH/c1-10(2,3)5-8(13)6-12-9(14)7-11-4;/h8,11,13H,5-7H2,1-4H3,(H,12,14);1H. The smallest absolute Gasteiger partial charge is 0.234 e. The summed E-state index contributed by atoms with van der Waals surface area (Å²) < 4.78 is 0. The summed E-state index contributed by atoms with van der Waals surface area (Å²) in [5.74, 6) is -0.0829. The second-order valence-electron chi connectivity index (χ2n) is 4.75. The lowest BCUT2D eigenvalue weighted by molar-refractivity contribution is -0.120. The van der Waals surface area contributed by atoms with Gasteiger partial charge in [0.1, 0.15) is 0 Å². The van der Waals surface area contributed by atoms with E-state index in [9.17, 15) is 9.90 Å². The van der Waals surface area contributed by atoms with E-state index in [0.717, 1.165) is 0 Å². The molecule has 3 N–H and O–H groups in total. The molecule has 0 fully saturated rings. The molecule has 0 aromatic rings. The molecule has 1 amide bonds. The first-order chi connectivity index (χ1) is 6.35. The highest BCUT2D eigenvalue weighted by Crippen LogP contribution is 2.20. The van der Waals surface area contributed by atoms with Gasteiger partial charge < -0.3 is 15.7 Å². The average Bonchev–Trinajstić information content (AvgIpc) is 1.98. The zero-order valence-electron chi connectivity index (χ0n) is 9.96. The molecule has 1 atom stereocenters. The monoisotopic (exact) mass is 238 g/mol. The molecule has 92 valence electrons. The molecule has 15 heavy (non-hydrogen) atoms. The topological polar surface area (TPSA) is 61.4 Å². The summed E-state index contributed by atoms with van der Waals surface area (Å²) in [5, 5.41) is 15.0. The zero-order valence-corrected chi connectivity index (χ0v) is 10.8. The lowest BCUT2D eigenvalue weighted by atomic mass is 9.89. The van der Waals surface area contributed by atoms with E-state index in [2.05, 4.69) is 31.4 Å². The van der Waals surface area contributed by atoms with E-state index < -0.39 is 6.10 Å². The Hall–Kier alpha value is -0.320. The van der Waals surface area contributed by atoms with Crippen LogP contribution in [0.4, 0.5) is 0 Å². The third-order valence-corrected chi connectivity index (χ3v) is 1.72. The number of rotatable bonds is 5. The Labute approximate surface area is 98.2 Å². The molecule has 0 rings (SSSR count). The molecule has 0 bridgehead atoms. The van der Waals surface area contributed by atoms with Crippen molar-refractivity contribution >= 4 is 18.3 Å². The predicted octanol–water partition coefficient (Wildman–Crippen LogP) is 0.541. The van der Waals surface area contributed by atoms with Gasteiger partial charge in [0, 0.05) is 6.54 Å². The molecular formula is C10H23ClN2O2. The van der Waals surface area contributed by atoms with Crippen LogP contribution < -0.4 is 10.6 Å². The van der Waals surface area contributed by atoms with Crippen molar-refractivity contribution in [2.45, 2.75) is 33.3 Å². The molecule has 0 radical (unpaired) electrons. The first kappa shape index (κ1) is 17.1. The van der Waals surface area contributed by atoms with E-state index >= 15 is 0 Å². The van der Waals surface area contributed by atoms with Crippen molar-refractivity contribution < 1.29 is 9.90 Å². The maximum absolute atomic E-state index is 11.0. The van der Waals surface area contributed by atoms with Crippen LogP contribution in [0.15, 0.2) is 0 Å². The van der Waals surface area contributed by atoms with Crippen LogP contribution in [0.2, 0.25) is 0 Å². The van der Waals surface area contributed by atoms with Crippen LogP contribution in [0.5, 0.6) is 0 Å². The Morgan fingerprint density at radius 1 is 1.40 bits per heavy atom. The van der Waals surface area contributed by atoms with Gasteiger partial charge in [-0.1, -0.05) is 20.8 Å². The van der Waals surface area contributed by atoms with E-state index in [1.165, 1.54) is 0 Å². The van der Waals surface area contributed by atoms with Crippen molar-refractivity contribution in [2.75, 3.05) is 20.1 Å². The van der Waals surface area contributed by atoms with Crippen molar-refractivity contribution in [3.8, 4) is 0 Å². The van der Waals surface area contributed by atoms with E-state index in [4.69, 9.17) is 0 Å². The number of nitrogens with one attached hydrogen (secondary N) is 2. The average molecular weight is 239 g/mol. The molecule has 4 nitrogen and oxygen atoms in total. The second kappa shape index (κ2) is 7.91. The number of carbonyl (C=O) groups excluding carboxylic acids is 1. The Kier molecular flexibility index (Phi) is 9.01. The number of likely N-dealkylation sites (N-methyl/N-ethyl adjacent to an activating group) is 1. The quantitative estimate of drug-likeness (QED) is 0.655. The van der Waals surface area contributed by atoms with Gasteiger partial charge in [-0.3, -0.25) is 4.79 Å². The normalized spacial score (nSPS) is 12.9. The van der Waals surface area contributed by atoms with Crippen LogP contribution >= 0.6 is 12.4 Å². The fraction of sp³-hybridized carbons (Fsp3) is 0.900. The van der Waals surface area contributed by atoms with E-state index in [0.29, 0.717) is 19.5 Å². The summed E-state index contributed by atoms with van der Waals surface area (Å²) in [6, 6.07) is 0. The Morgan fingerprint density at radius 3 is 2.33 bits per heavy atom. The van der Waals surface area contributed by atoms with Gasteiger partial charge in [-0.25, -0.2) is 0 Å². The van der Waals surface area contributed by atoms with Crippen molar-refractivity contribution in [1.82, 2.24) is 10.6 Å². The fourth-order valence-corrected chi connectivity index (χ4v) is 1.23. The number of hydrogen-bond donors (Lipinski definition) is 3. The molecule has 0 aliphatic carbocycles. The minimum absolute atomic E-state index is 0. The van der Waals surface area contributed by atoms with Crippen molar-refractivity contribution in [1.29, 1.82) is 0 Å². The summed E-state index contributed by atoms with van der Waals surface area (Å²) >= 11 is 0. The maximum atomic E-state index is 11.0. The molecule has 0 aliphatic heterocycles. The first-order valence-electron chi connectivity index (χ1n) is 4.94. The summed E-state index contributed by atoms with van der Waals surface area (Å²) in [7, 11) is 1.71. The van der Waals surface area contributed by atoms with Crippen molar-refractivity contribution in [3.63, 3.8) is 0 Å². The van der Waals surface area contributed by atoms with Gasteiger partial charge in [-0.05, 0) is 18.9 Å².